The van der Waals surface area contributed by atoms with Gasteiger partial charge in [-0.05, 0) is 50.7 Å². The second kappa shape index (κ2) is 7.87. The number of methoxy groups -OCH3 is 1. The Hall–Kier alpha value is -1.47. The standard InChI is InChI=1S/C19H27ClN2O4S/c1-11(15-9-12-8-13(20)4-6-16(12)22-19(15)23)21-14-5-7-18(27(3,24)25)17(10-14)26-2/h5,7,10-13,15-16,21H,4,6,8-9H2,1-3H3,(H,22,23)/t11-,12?,13?,15?,16?/m0/s1. The van der Waals surface area contributed by atoms with Crippen molar-refractivity contribution >= 4 is 33.0 Å². The number of alkyl halides is 1. The van der Waals surface area contributed by atoms with Gasteiger partial charge < -0.3 is 15.4 Å². The van der Waals surface area contributed by atoms with Gasteiger partial charge in [-0.3, -0.25) is 4.79 Å². The second-order valence-corrected chi connectivity index (χ2v) is 10.3. The molecule has 1 aliphatic carbocycles. The molecule has 1 amide bonds. The molecule has 1 aromatic rings. The topological polar surface area (TPSA) is 84.5 Å². The van der Waals surface area contributed by atoms with E-state index in [-0.39, 0.29) is 34.2 Å². The quantitative estimate of drug-likeness (QED) is 0.723. The van der Waals surface area contributed by atoms with Gasteiger partial charge in [-0.15, -0.1) is 11.6 Å². The Labute approximate surface area is 165 Å². The van der Waals surface area contributed by atoms with E-state index < -0.39 is 9.84 Å². The average Bonchev–Trinajstić information content (AvgIpc) is 2.60. The van der Waals surface area contributed by atoms with Crippen LogP contribution in [0, 0.1) is 11.8 Å². The highest BCUT2D eigenvalue weighted by Crippen LogP contribution is 2.37. The Balaban J connectivity index is 1.73. The van der Waals surface area contributed by atoms with Crippen LogP contribution < -0.4 is 15.4 Å². The van der Waals surface area contributed by atoms with Crippen molar-refractivity contribution < 1.29 is 17.9 Å². The normalized spacial score (nSPS) is 29.4. The molecule has 2 N–H and O–H groups in total. The van der Waals surface area contributed by atoms with E-state index in [1.165, 1.54) is 13.2 Å². The molecule has 0 aromatic heterocycles. The van der Waals surface area contributed by atoms with E-state index in [4.69, 9.17) is 16.3 Å². The van der Waals surface area contributed by atoms with E-state index in [1.54, 1.807) is 12.1 Å². The smallest absolute Gasteiger partial charge is 0.225 e. The summed E-state index contributed by atoms with van der Waals surface area (Å²) in [5.74, 6) is 0.619. The fourth-order valence-electron chi connectivity index (χ4n) is 4.24. The number of benzene rings is 1. The monoisotopic (exact) mass is 414 g/mol. The summed E-state index contributed by atoms with van der Waals surface area (Å²) in [5.41, 5.74) is 0.723. The van der Waals surface area contributed by atoms with Crippen molar-refractivity contribution in [1.29, 1.82) is 0 Å². The third kappa shape index (κ3) is 4.51. The Morgan fingerprint density at radius 1 is 1.30 bits per heavy atom. The van der Waals surface area contributed by atoms with Crippen molar-refractivity contribution in [2.75, 3.05) is 18.7 Å². The first-order valence-corrected chi connectivity index (χ1v) is 11.6. The number of sulfone groups is 1. The lowest BCUT2D eigenvalue weighted by Crippen LogP contribution is -2.55. The Bertz CT molecular complexity index is 814. The zero-order valence-electron chi connectivity index (χ0n) is 15.9. The first-order valence-electron chi connectivity index (χ1n) is 9.28. The summed E-state index contributed by atoms with van der Waals surface area (Å²) >= 11 is 6.32. The molecule has 1 saturated carbocycles. The fourth-order valence-corrected chi connectivity index (χ4v) is 5.42. The van der Waals surface area contributed by atoms with Crippen LogP contribution >= 0.6 is 11.6 Å². The molecule has 8 heteroatoms. The molecule has 1 aliphatic heterocycles. The van der Waals surface area contributed by atoms with E-state index in [2.05, 4.69) is 10.6 Å². The van der Waals surface area contributed by atoms with E-state index in [9.17, 15) is 13.2 Å². The van der Waals surface area contributed by atoms with Gasteiger partial charge >= 0.3 is 0 Å². The number of hydrogen-bond acceptors (Lipinski definition) is 5. The van der Waals surface area contributed by atoms with Gasteiger partial charge in [-0.1, -0.05) is 0 Å². The molecule has 2 fully saturated rings. The molecule has 1 saturated heterocycles. The molecular weight excluding hydrogens is 388 g/mol. The average molecular weight is 415 g/mol. The molecule has 150 valence electrons. The van der Waals surface area contributed by atoms with Crippen LogP contribution in [0.25, 0.3) is 0 Å². The summed E-state index contributed by atoms with van der Waals surface area (Å²) in [4.78, 5) is 12.7. The summed E-state index contributed by atoms with van der Waals surface area (Å²) < 4.78 is 28.9. The third-order valence-corrected chi connectivity index (χ3v) is 7.23. The number of carbonyl (C=O) groups is 1. The van der Waals surface area contributed by atoms with Gasteiger partial charge in [0.1, 0.15) is 10.6 Å². The van der Waals surface area contributed by atoms with Crippen LogP contribution in [0.5, 0.6) is 5.75 Å². The molecule has 1 aromatic carbocycles. The first kappa shape index (κ1) is 20.3. The molecule has 3 rings (SSSR count). The Morgan fingerprint density at radius 2 is 2.04 bits per heavy atom. The predicted octanol–water partition coefficient (Wildman–Crippen LogP) is 2.81. The first-order chi connectivity index (χ1) is 12.7. The molecule has 4 unspecified atom stereocenters. The van der Waals surface area contributed by atoms with E-state index in [0.717, 1.165) is 37.6 Å². The fraction of sp³-hybridized carbons (Fsp3) is 0.632. The van der Waals surface area contributed by atoms with E-state index >= 15 is 0 Å². The number of halogens is 1. The zero-order valence-corrected chi connectivity index (χ0v) is 17.4. The van der Waals surface area contributed by atoms with Crippen molar-refractivity contribution in [2.24, 2.45) is 11.8 Å². The lowest BCUT2D eigenvalue weighted by Gasteiger charge is -2.42. The highest BCUT2D eigenvalue weighted by atomic mass is 35.5. The summed E-state index contributed by atoms with van der Waals surface area (Å²) in [7, 11) is -1.93. The van der Waals surface area contributed by atoms with Crippen LogP contribution in [-0.2, 0) is 14.6 Å². The maximum absolute atomic E-state index is 12.6. The van der Waals surface area contributed by atoms with Gasteiger partial charge in [-0.2, -0.15) is 0 Å². The van der Waals surface area contributed by atoms with Crippen LogP contribution in [0.3, 0.4) is 0 Å². The molecular formula is C19H27ClN2O4S. The Morgan fingerprint density at radius 3 is 2.70 bits per heavy atom. The van der Waals surface area contributed by atoms with Gasteiger partial charge in [0.15, 0.2) is 9.84 Å². The van der Waals surface area contributed by atoms with Crippen molar-refractivity contribution in [2.45, 2.75) is 55.0 Å². The largest absolute Gasteiger partial charge is 0.495 e. The van der Waals surface area contributed by atoms with Crippen molar-refractivity contribution in [3.63, 3.8) is 0 Å². The summed E-state index contributed by atoms with van der Waals surface area (Å²) in [6, 6.07) is 5.03. The zero-order chi connectivity index (χ0) is 19.8. The number of amides is 1. The lowest BCUT2D eigenvalue weighted by atomic mass is 9.74. The molecule has 2 aliphatic rings. The van der Waals surface area contributed by atoms with Crippen molar-refractivity contribution in [3.05, 3.63) is 18.2 Å². The lowest BCUT2D eigenvalue weighted by molar-refractivity contribution is -0.130. The van der Waals surface area contributed by atoms with Crippen LogP contribution in [0.4, 0.5) is 5.69 Å². The highest BCUT2D eigenvalue weighted by Gasteiger charge is 2.40. The van der Waals surface area contributed by atoms with Crippen LogP contribution in [0.2, 0.25) is 0 Å². The molecule has 6 nitrogen and oxygen atoms in total. The molecule has 27 heavy (non-hydrogen) atoms. The maximum atomic E-state index is 12.6. The minimum atomic E-state index is -3.37. The summed E-state index contributed by atoms with van der Waals surface area (Å²) in [6.45, 7) is 1.97. The van der Waals surface area contributed by atoms with Crippen LogP contribution in [0.15, 0.2) is 23.1 Å². The van der Waals surface area contributed by atoms with E-state index in [1.807, 2.05) is 6.92 Å². The van der Waals surface area contributed by atoms with Gasteiger partial charge in [0, 0.05) is 35.5 Å². The van der Waals surface area contributed by atoms with Gasteiger partial charge in [0.25, 0.3) is 0 Å². The van der Waals surface area contributed by atoms with E-state index in [0.29, 0.717) is 11.7 Å². The number of rotatable bonds is 5. The minimum absolute atomic E-state index is 0.0731. The van der Waals surface area contributed by atoms with Crippen molar-refractivity contribution in [1.82, 2.24) is 5.32 Å². The summed E-state index contributed by atoms with van der Waals surface area (Å²) in [5, 5.41) is 6.69. The van der Waals surface area contributed by atoms with Gasteiger partial charge in [-0.25, -0.2) is 8.42 Å². The maximum Gasteiger partial charge on any atom is 0.225 e. The molecule has 5 atom stereocenters. The molecule has 1 heterocycles. The van der Waals surface area contributed by atoms with Crippen molar-refractivity contribution in [3.8, 4) is 5.75 Å². The molecule has 0 radical (unpaired) electrons. The number of fused-ring (bicyclic) bond motifs is 1. The highest BCUT2D eigenvalue weighted by molar-refractivity contribution is 7.90. The van der Waals surface area contributed by atoms with Crippen LogP contribution in [0.1, 0.15) is 32.6 Å². The summed E-state index contributed by atoms with van der Waals surface area (Å²) in [6.07, 6.45) is 4.80. The van der Waals surface area contributed by atoms with Gasteiger partial charge in [0.2, 0.25) is 5.91 Å². The predicted molar refractivity (Wildman–Crippen MR) is 106 cm³/mol. The number of anilines is 1. The molecule has 0 bridgehead atoms. The second-order valence-electron chi connectivity index (χ2n) is 7.70. The SMILES string of the molecule is COc1cc(N[C@@H](C)C2CC3CC(Cl)CCC3NC2=O)ccc1S(C)(=O)=O. The number of nitrogens with one attached hydrogen (secondary N) is 2. The minimum Gasteiger partial charge on any atom is -0.495 e. The number of hydrogen-bond donors (Lipinski definition) is 2. The van der Waals surface area contributed by atoms with Gasteiger partial charge in [0.05, 0.1) is 13.0 Å². The molecule has 0 spiro atoms. The third-order valence-electron chi connectivity index (χ3n) is 5.70. The number of carbonyl (C=O) groups excluding carboxylic acids is 1. The van der Waals surface area contributed by atoms with Crippen LogP contribution in [-0.4, -0.2) is 45.2 Å². The number of ether oxygens (including phenoxy) is 1. The Kier molecular flexibility index (Phi) is 5.91. The number of piperidine rings is 1.